The molecule has 2 N–H and O–H groups in total. The number of nitrogens with one attached hydrogen (secondary N) is 1. The largest absolute Gasteiger partial charge is 0.453 e. The van der Waals surface area contributed by atoms with E-state index >= 15 is 0 Å². The molecule has 4 aromatic carbocycles. The molecule has 1 aromatic heterocycles. The minimum Gasteiger partial charge on any atom is -0.453 e. The number of para-hydroxylation sites is 1. The van der Waals surface area contributed by atoms with Gasteiger partial charge in [0.15, 0.2) is 5.75 Å². The summed E-state index contributed by atoms with van der Waals surface area (Å²) in [5.41, 5.74) is 0.961. The Hall–Kier alpha value is -3.09. The number of halogens is 4. The zero-order valence-corrected chi connectivity index (χ0v) is 25.2. The van der Waals surface area contributed by atoms with Gasteiger partial charge in [-0.3, -0.25) is 14.3 Å². The SMILES string of the molecule is O=S(=O)(Nc1cc(Cl)c(Oc2cnc3ccccc3c2)c(Cl)c1)c1ccc(Cl)cc1Cl.O=S(=O)(O)c1ccccc1. The summed E-state index contributed by atoms with van der Waals surface area (Å²) < 4.78 is 62.8. The maximum Gasteiger partial charge on any atom is 0.294 e. The number of hydrogen-bond donors (Lipinski definition) is 2. The van der Waals surface area contributed by atoms with Crippen LogP contribution in [0.1, 0.15) is 0 Å². The van der Waals surface area contributed by atoms with E-state index in [0.717, 1.165) is 10.9 Å². The van der Waals surface area contributed by atoms with Crippen molar-refractivity contribution < 1.29 is 26.1 Å². The highest BCUT2D eigenvalue weighted by Crippen LogP contribution is 2.40. The average molecular weight is 672 g/mol. The highest BCUT2D eigenvalue weighted by molar-refractivity contribution is 7.92. The molecule has 0 amide bonds. The standard InChI is InChI=1S/C21H12Cl4N2O3S.C6H6O3S/c22-13-5-6-20(16(23)8-13)31(28,29)27-14-9-17(24)21(18(25)10-14)30-15-7-12-3-1-2-4-19(12)26-11-15;7-10(8,9)6-4-2-1-3-5-6/h1-11,27H;1-5H,(H,7,8,9). The van der Waals surface area contributed by atoms with Crippen molar-refractivity contribution in [2.24, 2.45) is 0 Å². The van der Waals surface area contributed by atoms with Crippen molar-refractivity contribution in [3.05, 3.63) is 117 Å². The number of pyridine rings is 1. The van der Waals surface area contributed by atoms with Gasteiger partial charge in [-0.25, -0.2) is 8.42 Å². The lowest BCUT2D eigenvalue weighted by Gasteiger charge is -2.14. The third-order valence-corrected chi connectivity index (χ3v) is 8.79. The molecule has 0 atom stereocenters. The highest BCUT2D eigenvalue weighted by atomic mass is 35.5. The molecule has 0 saturated carbocycles. The second-order valence-electron chi connectivity index (χ2n) is 8.20. The van der Waals surface area contributed by atoms with Crippen LogP contribution in [-0.2, 0) is 20.1 Å². The number of fused-ring (bicyclic) bond motifs is 1. The minimum atomic E-state index is -4.00. The molecule has 8 nitrogen and oxygen atoms in total. The molecule has 41 heavy (non-hydrogen) atoms. The molecule has 0 aliphatic carbocycles. The van der Waals surface area contributed by atoms with E-state index in [1.165, 1.54) is 42.5 Å². The van der Waals surface area contributed by atoms with Crippen LogP contribution in [0.5, 0.6) is 11.5 Å². The van der Waals surface area contributed by atoms with Gasteiger partial charge in [-0.05, 0) is 54.6 Å². The third-order valence-electron chi connectivity index (χ3n) is 5.26. The summed E-state index contributed by atoms with van der Waals surface area (Å²) in [6.07, 6.45) is 1.55. The monoisotopic (exact) mass is 670 g/mol. The van der Waals surface area contributed by atoms with Gasteiger partial charge in [0.25, 0.3) is 20.1 Å². The summed E-state index contributed by atoms with van der Waals surface area (Å²) in [7, 11) is -8.00. The van der Waals surface area contributed by atoms with Crippen LogP contribution in [-0.4, -0.2) is 26.4 Å². The van der Waals surface area contributed by atoms with Crippen molar-refractivity contribution in [1.29, 1.82) is 0 Å². The smallest absolute Gasteiger partial charge is 0.294 e. The Morgan fingerprint density at radius 2 is 1.37 bits per heavy atom. The quantitative estimate of drug-likeness (QED) is 0.174. The van der Waals surface area contributed by atoms with Crippen LogP contribution < -0.4 is 9.46 Å². The first-order chi connectivity index (χ1) is 19.3. The predicted molar refractivity (Wildman–Crippen MR) is 162 cm³/mol. The van der Waals surface area contributed by atoms with Gasteiger partial charge >= 0.3 is 0 Å². The number of benzene rings is 4. The molecule has 0 radical (unpaired) electrons. The van der Waals surface area contributed by atoms with Crippen LogP contribution in [0.2, 0.25) is 20.1 Å². The summed E-state index contributed by atoms with van der Waals surface area (Å²) in [5, 5.41) is 1.42. The van der Waals surface area contributed by atoms with Gasteiger partial charge < -0.3 is 4.74 Å². The Morgan fingerprint density at radius 3 is 1.98 bits per heavy atom. The Bertz CT molecular complexity index is 1920. The summed E-state index contributed by atoms with van der Waals surface area (Å²) in [6.45, 7) is 0. The summed E-state index contributed by atoms with van der Waals surface area (Å²) >= 11 is 24.5. The van der Waals surface area contributed by atoms with Crippen molar-refractivity contribution in [2.75, 3.05) is 4.72 Å². The zero-order chi connectivity index (χ0) is 29.8. The van der Waals surface area contributed by atoms with Crippen LogP contribution in [0.4, 0.5) is 5.69 Å². The number of aromatic nitrogens is 1. The molecular weight excluding hydrogens is 654 g/mol. The fraction of sp³-hybridized carbons (Fsp3) is 0. The fourth-order valence-electron chi connectivity index (χ4n) is 3.44. The summed E-state index contributed by atoms with van der Waals surface area (Å²) in [6, 6.07) is 23.6. The highest BCUT2D eigenvalue weighted by Gasteiger charge is 2.20. The first kappa shape index (κ1) is 30.9. The topological polar surface area (TPSA) is 123 Å². The maximum absolute atomic E-state index is 12.7. The molecular formula is C27H18Cl4N2O6S2. The van der Waals surface area contributed by atoms with Crippen molar-refractivity contribution in [2.45, 2.75) is 9.79 Å². The van der Waals surface area contributed by atoms with Crippen molar-refractivity contribution in [1.82, 2.24) is 4.98 Å². The van der Waals surface area contributed by atoms with E-state index in [9.17, 15) is 16.8 Å². The lowest BCUT2D eigenvalue weighted by Crippen LogP contribution is -2.13. The van der Waals surface area contributed by atoms with Crippen LogP contribution in [0.3, 0.4) is 0 Å². The molecule has 0 spiro atoms. The molecule has 0 fully saturated rings. The van der Waals surface area contributed by atoms with E-state index in [1.54, 1.807) is 30.5 Å². The number of ether oxygens (including phenoxy) is 1. The third kappa shape index (κ3) is 8.02. The normalized spacial score (nSPS) is 11.4. The fourth-order valence-corrected chi connectivity index (χ4v) is 6.32. The number of nitrogens with zero attached hydrogens (tertiary/aromatic N) is 1. The Kier molecular flexibility index (Phi) is 9.66. The average Bonchev–Trinajstić information content (AvgIpc) is 2.90. The summed E-state index contributed by atoms with van der Waals surface area (Å²) in [5.74, 6) is 0.608. The first-order valence-corrected chi connectivity index (χ1v) is 15.8. The van der Waals surface area contributed by atoms with Gasteiger partial charge in [-0.2, -0.15) is 8.42 Å². The second-order valence-corrected chi connectivity index (χ2v) is 12.9. The van der Waals surface area contributed by atoms with E-state index in [1.807, 2.05) is 24.3 Å². The molecule has 0 unspecified atom stereocenters. The van der Waals surface area contributed by atoms with E-state index in [-0.39, 0.29) is 36.3 Å². The van der Waals surface area contributed by atoms with Crippen LogP contribution in [0.25, 0.3) is 10.9 Å². The van der Waals surface area contributed by atoms with Crippen LogP contribution in [0, 0.1) is 0 Å². The van der Waals surface area contributed by atoms with Gasteiger partial charge in [0.2, 0.25) is 0 Å². The number of hydrogen-bond acceptors (Lipinski definition) is 6. The van der Waals surface area contributed by atoms with Crippen LogP contribution in [0.15, 0.2) is 107 Å². The first-order valence-electron chi connectivity index (χ1n) is 11.4. The van der Waals surface area contributed by atoms with Gasteiger partial charge in [-0.15, -0.1) is 0 Å². The maximum atomic E-state index is 12.7. The van der Waals surface area contributed by atoms with Gasteiger partial charge in [0.1, 0.15) is 10.6 Å². The number of sulfonamides is 1. The van der Waals surface area contributed by atoms with Crippen LogP contribution >= 0.6 is 46.4 Å². The van der Waals surface area contributed by atoms with E-state index in [4.69, 9.17) is 55.7 Å². The Morgan fingerprint density at radius 1 is 0.732 bits per heavy atom. The van der Waals surface area contributed by atoms with Gasteiger partial charge in [0.05, 0.1) is 37.4 Å². The molecule has 0 bridgehead atoms. The molecule has 0 aliphatic rings. The second kappa shape index (κ2) is 12.8. The van der Waals surface area contributed by atoms with Crippen molar-refractivity contribution in [3.63, 3.8) is 0 Å². The zero-order valence-electron chi connectivity index (χ0n) is 20.5. The lowest BCUT2D eigenvalue weighted by molar-refractivity contribution is 0.481. The Balaban J connectivity index is 0.000000328. The molecule has 14 heteroatoms. The van der Waals surface area contributed by atoms with E-state index < -0.39 is 20.1 Å². The van der Waals surface area contributed by atoms with E-state index in [0.29, 0.717) is 10.8 Å². The molecule has 0 aliphatic heterocycles. The lowest BCUT2D eigenvalue weighted by atomic mass is 10.2. The van der Waals surface area contributed by atoms with Gasteiger partial charge in [-0.1, -0.05) is 82.8 Å². The Labute approximate surface area is 256 Å². The van der Waals surface area contributed by atoms with Crippen molar-refractivity contribution in [3.8, 4) is 11.5 Å². The predicted octanol–water partition coefficient (Wildman–Crippen LogP) is 8.37. The molecule has 212 valence electrons. The molecule has 0 saturated heterocycles. The number of anilines is 1. The number of rotatable bonds is 6. The molecule has 5 aromatic rings. The summed E-state index contributed by atoms with van der Waals surface area (Å²) in [4.78, 5) is 4.12. The molecule has 1 heterocycles. The van der Waals surface area contributed by atoms with Gasteiger partial charge in [0, 0.05) is 10.4 Å². The minimum absolute atomic E-state index is 0.0130. The van der Waals surface area contributed by atoms with E-state index in [2.05, 4.69) is 9.71 Å². The van der Waals surface area contributed by atoms with Crippen molar-refractivity contribution >= 4 is 83.1 Å². The molecule has 5 rings (SSSR count).